The van der Waals surface area contributed by atoms with E-state index in [1.165, 1.54) is 0 Å². The van der Waals surface area contributed by atoms with Crippen molar-refractivity contribution in [2.75, 3.05) is 18.5 Å². The lowest BCUT2D eigenvalue weighted by Crippen LogP contribution is -2.35. The molecule has 0 fully saturated rings. The first-order chi connectivity index (χ1) is 8.45. The Morgan fingerprint density at radius 2 is 2.00 bits per heavy atom. The van der Waals surface area contributed by atoms with E-state index < -0.39 is 0 Å². The van der Waals surface area contributed by atoms with Crippen LogP contribution >= 0.6 is 11.6 Å². The van der Waals surface area contributed by atoms with E-state index in [1.807, 2.05) is 19.3 Å². The number of pyridine rings is 1. The van der Waals surface area contributed by atoms with Crippen molar-refractivity contribution < 1.29 is 0 Å². The number of hydrogen-bond donors (Lipinski definition) is 1. The highest BCUT2D eigenvalue weighted by Gasteiger charge is 2.16. The molecule has 0 saturated carbocycles. The summed E-state index contributed by atoms with van der Waals surface area (Å²) in [6, 6.07) is 2.39. The number of aromatic nitrogens is 1. The summed E-state index contributed by atoms with van der Waals surface area (Å²) in [7, 11) is 1.92. The zero-order valence-electron chi connectivity index (χ0n) is 12.0. The van der Waals surface area contributed by atoms with Crippen molar-refractivity contribution >= 4 is 17.4 Å². The molecule has 3 nitrogen and oxygen atoms in total. The molecule has 0 saturated heterocycles. The van der Waals surface area contributed by atoms with Crippen LogP contribution in [0.1, 0.15) is 33.3 Å². The standard InChI is InChI=1S/C14H24ClN3/c1-10(2)9-18(11(3)4)14-13(15)6-12(7-16-5)8-17-14/h6,8,10-11,16H,7,9H2,1-5H3. The molecule has 0 aromatic carbocycles. The fraction of sp³-hybridized carbons (Fsp3) is 0.643. The Kier molecular flexibility index (Phi) is 5.89. The summed E-state index contributed by atoms with van der Waals surface area (Å²) in [6.45, 7) is 10.5. The fourth-order valence-corrected chi connectivity index (χ4v) is 2.22. The highest BCUT2D eigenvalue weighted by atomic mass is 35.5. The Hall–Kier alpha value is -0.800. The molecular formula is C14H24ClN3. The molecule has 0 aliphatic rings. The Labute approximate surface area is 116 Å². The van der Waals surface area contributed by atoms with E-state index in [9.17, 15) is 0 Å². The van der Waals surface area contributed by atoms with E-state index in [0.717, 1.165) is 29.5 Å². The van der Waals surface area contributed by atoms with E-state index in [4.69, 9.17) is 11.6 Å². The van der Waals surface area contributed by atoms with Gasteiger partial charge in [-0.3, -0.25) is 0 Å². The molecule has 1 aromatic rings. The minimum Gasteiger partial charge on any atom is -0.353 e. The SMILES string of the molecule is CNCc1cnc(N(CC(C)C)C(C)C)c(Cl)c1. The summed E-state index contributed by atoms with van der Waals surface area (Å²) < 4.78 is 0. The average molecular weight is 270 g/mol. The maximum Gasteiger partial charge on any atom is 0.147 e. The molecule has 0 aliphatic heterocycles. The summed E-state index contributed by atoms with van der Waals surface area (Å²) in [6.07, 6.45) is 1.90. The van der Waals surface area contributed by atoms with Crippen LogP contribution in [0.4, 0.5) is 5.82 Å². The normalized spacial score (nSPS) is 11.3. The van der Waals surface area contributed by atoms with Gasteiger partial charge in [-0.05, 0) is 38.4 Å². The number of hydrogen-bond acceptors (Lipinski definition) is 3. The lowest BCUT2D eigenvalue weighted by molar-refractivity contribution is 0.566. The van der Waals surface area contributed by atoms with Crippen LogP contribution in [-0.2, 0) is 6.54 Å². The average Bonchev–Trinajstić information content (AvgIpc) is 2.26. The summed E-state index contributed by atoms with van der Waals surface area (Å²) >= 11 is 6.36. The summed E-state index contributed by atoms with van der Waals surface area (Å²) in [5.74, 6) is 1.47. The molecule has 1 N–H and O–H groups in total. The second-order valence-electron chi connectivity index (χ2n) is 5.32. The summed E-state index contributed by atoms with van der Waals surface area (Å²) in [5.41, 5.74) is 1.11. The van der Waals surface area contributed by atoms with Crippen LogP contribution in [0.2, 0.25) is 5.02 Å². The third-order valence-corrected chi connectivity index (χ3v) is 2.99. The number of nitrogens with one attached hydrogen (secondary N) is 1. The van der Waals surface area contributed by atoms with Gasteiger partial charge in [0, 0.05) is 25.3 Å². The predicted molar refractivity (Wildman–Crippen MR) is 79.3 cm³/mol. The van der Waals surface area contributed by atoms with Crippen molar-refractivity contribution in [1.29, 1.82) is 0 Å². The van der Waals surface area contributed by atoms with Gasteiger partial charge < -0.3 is 10.2 Å². The molecule has 0 aliphatic carbocycles. The molecule has 18 heavy (non-hydrogen) atoms. The third kappa shape index (κ3) is 4.14. The minimum absolute atomic E-state index is 0.396. The first kappa shape index (κ1) is 15.3. The van der Waals surface area contributed by atoms with Crippen molar-refractivity contribution in [2.24, 2.45) is 5.92 Å². The lowest BCUT2D eigenvalue weighted by Gasteiger charge is -2.30. The van der Waals surface area contributed by atoms with Gasteiger partial charge in [-0.2, -0.15) is 0 Å². The molecule has 102 valence electrons. The minimum atomic E-state index is 0.396. The fourth-order valence-electron chi connectivity index (χ4n) is 1.92. The Bertz CT molecular complexity index is 377. The van der Waals surface area contributed by atoms with E-state index in [1.54, 1.807) is 0 Å². The molecule has 0 bridgehead atoms. The van der Waals surface area contributed by atoms with Gasteiger partial charge in [-0.1, -0.05) is 25.4 Å². The van der Waals surface area contributed by atoms with Crippen LogP contribution in [0.5, 0.6) is 0 Å². The first-order valence-corrected chi connectivity index (χ1v) is 6.89. The molecule has 0 unspecified atom stereocenters. The molecule has 0 radical (unpaired) electrons. The molecule has 0 amide bonds. The van der Waals surface area contributed by atoms with Crippen molar-refractivity contribution in [3.05, 3.63) is 22.8 Å². The summed E-state index contributed by atoms with van der Waals surface area (Å²) in [5, 5.41) is 3.84. The van der Waals surface area contributed by atoms with Gasteiger partial charge in [-0.25, -0.2) is 4.98 Å². The Morgan fingerprint density at radius 1 is 1.33 bits per heavy atom. The zero-order chi connectivity index (χ0) is 13.7. The summed E-state index contributed by atoms with van der Waals surface area (Å²) in [4.78, 5) is 6.79. The quantitative estimate of drug-likeness (QED) is 0.859. The van der Waals surface area contributed by atoms with Gasteiger partial charge >= 0.3 is 0 Å². The van der Waals surface area contributed by atoms with Gasteiger partial charge in [0.1, 0.15) is 5.82 Å². The molecule has 0 atom stereocenters. The van der Waals surface area contributed by atoms with Crippen molar-refractivity contribution in [3.8, 4) is 0 Å². The van der Waals surface area contributed by atoms with Gasteiger partial charge in [-0.15, -0.1) is 0 Å². The monoisotopic (exact) mass is 269 g/mol. The van der Waals surface area contributed by atoms with Crippen LogP contribution in [-0.4, -0.2) is 24.6 Å². The van der Waals surface area contributed by atoms with Gasteiger partial charge in [0.05, 0.1) is 5.02 Å². The maximum atomic E-state index is 6.36. The van der Waals surface area contributed by atoms with Crippen molar-refractivity contribution in [3.63, 3.8) is 0 Å². The second kappa shape index (κ2) is 6.95. The number of nitrogens with zero attached hydrogens (tertiary/aromatic N) is 2. The van der Waals surface area contributed by atoms with E-state index in [-0.39, 0.29) is 0 Å². The van der Waals surface area contributed by atoms with Gasteiger partial charge in [0.15, 0.2) is 0 Å². The van der Waals surface area contributed by atoms with Gasteiger partial charge in [0.25, 0.3) is 0 Å². The maximum absolute atomic E-state index is 6.36. The Morgan fingerprint density at radius 3 is 2.44 bits per heavy atom. The first-order valence-electron chi connectivity index (χ1n) is 6.51. The topological polar surface area (TPSA) is 28.2 Å². The van der Waals surface area contributed by atoms with Crippen LogP contribution in [0.25, 0.3) is 0 Å². The van der Waals surface area contributed by atoms with E-state index >= 15 is 0 Å². The second-order valence-corrected chi connectivity index (χ2v) is 5.73. The van der Waals surface area contributed by atoms with E-state index in [0.29, 0.717) is 12.0 Å². The van der Waals surface area contributed by atoms with Crippen molar-refractivity contribution in [2.45, 2.75) is 40.3 Å². The van der Waals surface area contributed by atoms with Crippen LogP contribution in [0.3, 0.4) is 0 Å². The molecule has 1 aromatic heterocycles. The number of rotatable bonds is 6. The van der Waals surface area contributed by atoms with Gasteiger partial charge in [0.2, 0.25) is 0 Å². The third-order valence-electron chi connectivity index (χ3n) is 2.72. The van der Waals surface area contributed by atoms with Crippen LogP contribution in [0.15, 0.2) is 12.3 Å². The highest BCUT2D eigenvalue weighted by molar-refractivity contribution is 6.33. The molecule has 1 heterocycles. The Balaban J connectivity index is 2.98. The largest absolute Gasteiger partial charge is 0.353 e. The molecule has 1 rings (SSSR count). The molecule has 4 heteroatoms. The highest BCUT2D eigenvalue weighted by Crippen LogP contribution is 2.26. The lowest BCUT2D eigenvalue weighted by atomic mass is 10.1. The number of halogens is 1. The van der Waals surface area contributed by atoms with E-state index in [2.05, 4.69) is 42.9 Å². The predicted octanol–water partition coefficient (Wildman–Crippen LogP) is 3.33. The zero-order valence-corrected chi connectivity index (χ0v) is 12.8. The van der Waals surface area contributed by atoms with Crippen LogP contribution < -0.4 is 10.2 Å². The van der Waals surface area contributed by atoms with Crippen molar-refractivity contribution in [1.82, 2.24) is 10.3 Å². The van der Waals surface area contributed by atoms with Crippen LogP contribution in [0, 0.1) is 5.92 Å². The molecular weight excluding hydrogens is 246 g/mol. The smallest absolute Gasteiger partial charge is 0.147 e. The molecule has 0 spiro atoms. The number of anilines is 1.